The van der Waals surface area contributed by atoms with E-state index in [0.717, 1.165) is 44.8 Å². The summed E-state index contributed by atoms with van der Waals surface area (Å²) in [6.45, 7) is 0. The number of nitriles is 1. The van der Waals surface area contributed by atoms with Gasteiger partial charge in [0.1, 0.15) is 0 Å². The predicted octanol–water partition coefficient (Wildman–Crippen LogP) is 8.25. The molecule has 7 rings (SSSR count). The SMILES string of the molecule is N#Cc1ccc(C(=N)/C=C2\NC(c3ccccc3)=Cc3ccc(-c4nc(-c5ccccc5)nc(-c5ccccc5)n4)cc32)cc1. The molecule has 1 aliphatic rings. The molecule has 45 heavy (non-hydrogen) atoms. The fraction of sp³-hybridized carbons (Fsp3) is 0. The second-order valence-electron chi connectivity index (χ2n) is 10.6. The van der Waals surface area contributed by atoms with Gasteiger partial charge in [-0.1, -0.05) is 115 Å². The smallest absolute Gasteiger partial charge is 0.164 e. The highest BCUT2D eigenvalue weighted by Gasteiger charge is 2.20. The van der Waals surface area contributed by atoms with E-state index in [9.17, 15) is 5.26 Å². The zero-order valence-corrected chi connectivity index (χ0v) is 24.1. The lowest BCUT2D eigenvalue weighted by Crippen LogP contribution is -2.17. The summed E-state index contributed by atoms with van der Waals surface area (Å²) in [7, 11) is 0. The average molecular weight is 579 g/mol. The van der Waals surface area contributed by atoms with Crippen molar-refractivity contribution in [3.05, 3.63) is 167 Å². The topological polar surface area (TPSA) is 98.3 Å². The van der Waals surface area contributed by atoms with E-state index < -0.39 is 0 Å². The third-order valence-corrected chi connectivity index (χ3v) is 7.57. The van der Waals surface area contributed by atoms with E-state index in [1.807, 2.05) is 91.0 Å². The minimum atomic E-state index is 0.325. The van der Waals surface area contributed by atoms with Gasteiger partial charge in [0.15, 0.2) is 17.5 Å². The van der Waals surface area contributed by atoms with Crippen LogP contribution in [0.2, 0.25) is 0 Å². The maximum atomic E-state index is 9.21. The molecule has 6 heteroatoms. The highest BCUT2D eigenvalue weighted by Crippen LogP contribution is 2.34. The number of benzene rings is 5. The van der Waals surface area contributed by atoms with Gasteiger partial charge in [0, 0.05) is 33.6 Å². The molecule has 6 aromatic rings. The van der Waals surface area contributed by atoms with Crippen LogP contribution in [0.15, 0.2) is 140 Å². The van der Waals surface area contributed by atoms with Crippen molar-refractivity contribution in [2.75, 3.05) is 0 Å². The Balaban J connectivity index is 1.36. The Kier molecular flexibility index (Phi) is 7.33. The standard InChI is InChI=1S/C39H26N6/c40-25-26-16-18-27(19-17-26)34(41)24-36-33-22-32(21-20-31(33)23-35(42-36)28-10-4-1-5-11-28)39-44-37(29-12-6-2-7-13-29)43-38(45-39)30-14-8-3-9-15-30/h1-24,41-42H/b36-24-,41-34?. The summed E-state index contributed by atoms with van der Waals surface area (Å²) in [4.78, 5) is 14.7. The third kappa shape index (κ3) is 5.79. The number of allylic oxidation sites excluding steroid dienone is 1. The summed E-state index contributed by atoms with van der Waals surface area (Å²) < 4.78 is 0. The number of nitrogens with one attached hydrogen (secondary N) is 2. The normalized spacial score (nSPS) is 12.9. The Labute approximate surface area is 261 Å². The van der Waals surface area contributed by atoms with E-state index >= 15 is 0 Å². The van der Waals surface area contributed by atoms with Crippen LogP contribution < -0.4 is 5.32 Å². The molecule has 1 aliphatic heterocycles. The number of rotatable bonds is 6. The van der Waals surface area contributed by atoms with Gasteiger partial charge in [0.25, 0.3) is 0 Å². The lowest BCUT2D eigenvalue weighted by atomic mass is 9.93. The van der Waals surface area contributed by atoms with Gasteiger partial charge in [-0.15, -0.1) is 0 Å². The minimum Gasteiger partial charge on any atom is -0.354 e. The van der Waals surface area contributed by atoms with Gasteiger partial charge in [-0.25, -0.2) is 15.0 Å². The first-order chi connectivity index (χ1) is 22.1. The molecule has 212 valence electrons. The first-order valence-corrected chi connectivity index (χ1v) is 14.5. The minimum absolute atomic E-state index is 0.325. The van der Waals surface area contributed by atoms with Gasteiger partial charge < -0.3 is 10.7 Å². The van der Waals surface area contributed by atoms with Gasteiger partial charge in [0.2, 0.25) is 0 Å². The van der Waals surface area contributed by atoms with Gasteiger partial charge >= 0.3 is 0 Å². The molecule has 5 aromatic carbocycles. The maximum absolute atomic E-state index is 9.21. The van der Waals surface area contributed by atoms with Crippen LogP contribution in [0.5, 0.6) is 0 Å². The molecule has 2 heterocycles. The highest BCUT2D eigenvalue weighted by atomic mass is 15.0. The van der Waals surface area contributed by atoms with Crippen LogP contribution in [0.1, 0.15) is 27.8 Å². The summed E-state index contributed by atoms with van der Waals surface area (Å²) in [5.74, 6) is 1.75. The van der Waals surface area contributed by atoms with Gasteiger partial charge in [-0.2, -0.15) is 5.26 Å². The van der Waals surface area contributed by atoms with Crippen LogP contribution in [0.4, 0.5) is 0 Å². The van der Waals surface area contributed by atoms with Crippen LogP contribution >= 0.6 is 0 Å². The molecule has 0 saturated heterocycles. The predicted molar refractivity (Wildman–Crippen MR) is 180 cm³/mol. The second-order valence-corrected chi connectivity index (χ2v) is 10.6. The number of nitrogens with zero attached hydrogens (tertiary/aromatic N) is 4. The zero-order chi connectivity index (χ0) is 30.6. The molecular weight excluding hydrogens is 552 g/mol. The first kappa shape index (κ1) is 27.4. The van der Waals surface area contributed by atoms with Gasteiger partial charge in [0.05, 0.1) is 17.3 Å². The van der Waals surface area contributed by atoms with Crippen molar-refractivity contribution in [1.29, 1.82) is 10.7 Å². The first-order valence-electron chi connectivity index (χ1n) is 14.5. The largest absolute Gasteiger partial charge is 0.354 e. The summed E-state index contributed by atoms with van der Waals surface area (Å²) in [6.07, 6.45) is 3.95. The van der Waals surface area contributed by atoms with Crippen molar-refractivity contribution >= 4 is 23.2 Å². The second kappa shape index (κ2) is 12.0. The quantitative estimate of drug-likeness (QED) is 0.194. The fourth-order valence-electron chi connectivity index (χ4n) is 5.24. The Hall–Kier alpha value is -6.45. The van der Waals surface area contributed by atoms with E-state index in [-0.39, 0.29) is 0 Å². The Morgan fingerprint density at radius 1 is 0.622 bits per heavy atom. The molecule has 2 N–H and O–H groups in total. The Morgan fingerprint density at radius 3 is 1.71 bits per heavy atom. The number of fused-ring (bicyclic) bond motifs is 1. The summed E-state index contributed by atoms with van der Waals surface area (Å²) in [5, 5.41) is 21.7. The maximum Gasteiger partial charge on any atom is 0.164 e. The lowest BCUT2D eigenvalue weighted by molar-refractivity contribution is 1.07. The summed E-state index contributed by atoms with van der Waals surface area (Å²) in [6, 6.07) is 45.3. The molecule has 6 nitrogen and oxygen atoms in total. The number of aromatic nitrogens is 3. The summed E-state index contributed by atoms with van der Waals surface area (Å²) >= 11 is 0. The molecule has 0 radical (unpaired) electrons. The number of hydrogen-bond acceptors (Lipinski definition) is 6. The molecule has 0 spiro atoms. The van der Waals surface area contributed by atoms with Gasteiger partial charge in [-0.05, 0) is 47.0 Å². The fourth-order valence-corrected chi connectivity index (χ4v) is 5.24. The number of hydrogen-bond donors (Lipinski definition) is 2. The molecule has 0 unspecified atom stereocenters. The zero-order valence-electron chi connectivity index (χ0n) is 24.1. The van der Waals surface area contributed by atoms with Crippen molar-refractivity contribution in [3.8, 4) is 40.2 Å². The van der Waals surface area contributed by atoms with E-state index in [1.54, 1.807) is 24.3 Å². The van der Waals surface area contributed by atoms with Crippen molar-refractivity contribution in [1.82, 2.24) is 20.3 Å². The van der Waals surface area contributed by atoms with E-state index in [0.29, 0.717) is 34.3 Å². The molecule has 0 fully saturated rings. The molecule has 0 atom stereocenters. The third-order valence-electron chi connectivity index (χ3n) is 7.57. The van der Waals surface area contributed by atoms with Crippen molar-refractivity contribution in [3.63, 3.8) is 0 Å². The molecule has 0 aliphatic carbocycles. The van der Waals surface area contributed by atoms with E-state index in [4.69, 9.17) is 20.4 Å². The monoisotopic (exact) mass is 578 g/mol. The van der Waals surface area contributed by atoms with Crippen LogP contribution in [-0.2, 0) is 0 Å². The molecule has 1 aromatic heterocycles. The van der Waals surface area contributed by atoms with Crippen LogP contribution in [0.25, 0.3) is 51.6 Å². The van der Waals surface area contributed by atoms with E-state index in [1.165, 1.54) is 0 Å². The molecule has 0 saturated carbocycles. The van der Waals surface area contributed by atoms with Crippen LogP contribution in [0, 0.1) is 16.7 Å². The molecule has 0 bridgehead atoms. The summed E-state index contributed by atoms with van der Waals surface area (Å²) in [5.41, 5.74) is 8.94. The Morgan fingerprint density at radius 2 is 1.16 bits per heavy atom. The van der Waals surface area contributed by atoms with Crippen molar-refractivity contribution in [2.24, 2.45) is 0 Å². The van der Waals surface area contributed by atoms with Gasteiger partial charge in [-0.3, -0.25) is 0 Å². The van der Waals surface area contributed by atoms with Crippen LogP contribution in [-0.4, -0.2) is 20.7 Å². The molecule has 0 amide bonds. The average Bonchev–Trinajstić information content (AvgIpc) is 3.12. The molecular formula is C39H26N6. The highest BCUT2D eigenvalue weighted by molar-refractivity contribution is 6.12. The van der Waals surface area contributed by atoms with Crippen molar-refractivity contribution in [2.45, 2.75) is 0 Å². The van der Waals surface area contributed by atoms with Crippen LogP contribution in [0.3, 0.4) is 0 Å². The van der Waals surface area contributed by atoms with E-state index in [2.05, 4.69) is 41.7 Å². The Bertz CT molecular complexity index is 2070. The van der Waals surface area contributed by atoms with Crippen molar-refractivity contribution < 1.29 is 0 Å². The lowest BCUT2D eigenvalue weighted by Gasteiger charge is -2.23.